The molecule has 112 valence electrons. The normalized spacial score (nSPS) is 18.6. The Balaban J connectivity index is 1.87. The summed E-state index contributed by atoms with van der Waals surface area (Å²) in [5, 5.41) is 14.5. The molecule has 0 spiro atoms. The molecule has 0 aromatic carbocycles. The van der Waals surface area contributed by atoms with Crippen LogP contribution in [-0.2, 0) is 9.84 Å². The quantitative estimate of drug-likeness (QED) is 0.827. The molecule has 0 radical (unpaired) electrons. The Hall–Kier alpha value is -1.22. The summed E-state index contributed by atoms with van der Waals surface area (Å²) in [6.45, 7) is 2.83. The van der Waals surface area contributed by atoms with E-state index in [0.717, 1.165) is 13.0 Å². The third-order valence-corrected chi connectivity index (χ3v) is 5.63. The summed E-state index contributed by atoms with van der Waals surface area (Å²) in [5.41, 5.74) is 0. The number of aromatic nitrogens is 2. The Morgan fingerprint density at radius 2 is 2.05 bits per heavy atom. The molecule has 0 atom stereocenters. The highest BCUT2D eigenvalue weighted by atomic mass is 32.2. The van der Waals surface area contributed by atoms with Gasteiger partial charge in [-0.25, -0.2) is 8.42 Å². The van der Waals surface area contributed by atoms with Gasteiger partial charge in [-0.05, 0) is 19.3 Å². The molecule has 0 aliphatic carbocycles. The lowest BCUT2D eigenvalue weighted by molar-refractivity contribution is 0.0933. The number of sulfone groups is 1. The average Bonchev–Trinajstić information content (AvgIpc) is 2.88. The summed E-state index contributed by atoms with van der Waals surface area (Å²) >= 11 is 1.21. The van der Waals surface area contributed by atoms with Gasteiger partial charge < -0.3 is 10.6 Å². The van der Waals surface area contributed by atoms with Crippen LogP contribution < -0.4 is 10.6 Å². The second-order valence-corrected chi connectivity index (χ2v) is 8.02. The highest BCUT2D eigenvalue weighted by Gasteiger charge is 2.25. The Bertz CT molecular complexity index is 556. The lowest BCUT2D eigenvalue weighted by Crippen LogP contribution is -2.40. The summed E-state index contributed by atoms with van der Waals surface area (Å²) in [5.74, 6) is -0.00860. The summed E-state index contributed by atoms with van der Waals surface area (Å²) in [7, 11) is -2.91. The number of anilines is 1. The van der Waals surface area contributed by atoms with Gasteiger partial charge in [0.15, 0.2) is 0 Å². The average molecular weight is 318 g/mol. The molecule has 1 fully saturated rings. The molecule has 1 amide bonds. The van der Waals surface area contributed by atoms with Crippen molar-refractivity contribution in [1.82, 2.24) is 15.5 Å². The number of hydrogen-bond donors (Lipinski definition) is 2. The van der Waals surface area contributed by atoms with Crippen molar-refractivity contribution >= 4 is 32.2 Å². The van der Waals surface area contributed by atoms with Crippen molar-refractivity contribution < 1.29 is 13.2 Å². The zero-order valence-electron chi connectivity index (χ0n) is 11.3. The van der Waals surface area contributed by atoms with Crippen molar-refractivity contribution in [3.05, 3.63) is 5.01 Å². The first-order chi connectivity index (χ1) is 9.50. The van der Waals surface area contributed by atoms with Crippen molar-refractivity contribution in [2.45, 2.75) is 32.2 Å². The number of nitrogens with zero attached hydrogens (tertiary/aromatic N) is 2. The number of carbonyl (C=O) groups is 1. The molecule has 20 heavy (non-hydrogen) atoms. The van der Waals surface area contributed by atoms with Gasteiger partial charge in [-0.3, -0.25) is 4.79 Å². The molecule has 1 aromatic rings. The van der Waals surface area contributed by atoms with Crippen molar-refractivity contribution in [2.24, 2.45) is 0 Å². The highest BCUT2D eigenvalue weighted by Crippen LogP contribution is 2.17. The van der Waals surface area contributed by atoms with Crippen molar-refractivity contribution in [3.63, 3.8) is 0 Å². The third-order valence-electron chi connectivity index (χ3n) is 3.04. The number of hydrogen-bond acceptors (Lipinski definition) is 7. The van der Waals surface area contributed by atoms with Gasteiger partial charge in [0.2, 0.25) is 10.1 Å². The molecule has 1 aromatic heterocycles. The lowest BCUT2D eigenvalue weighted by atomic mass is 10.1. The number of nitrogens with one attached hydrogen (secondary N) is 2. The lowest BCUT2D eigenvalue weighted by Gasteiger charge is -2.22. The fraction of sp³-hybridized carbons (Fsp3) is 0.727. The zero-order valence-corrected chi connectivity index (χ0v) is 12.9. The van der Waals surface area contributed by atoms with E-state index in [1.165, 1.54) is 11.3 Å². The number of carbonyl (C=O) groups excluding carboxylic acids is 1. The molecule has 2 heterocycles. The maximum Gasteiger partial charge on any atom is 0.282 e. The van der Waals surface area contributed by atoms with Gasteiger partial charge in [-0.15, -0.1) is 10.2 Å². The minimum Gasteiger partial charge on any atom is -0.360 e. The van der Waals surface area contributed by atoms with Gasteiger partial charge >= 0.3 is 0 Å². The SMILES string of the molecule is CCCNc1nnc(C(=O)NC2CCS(=O)(=O)CC2)s1. The molecule has 0 unspecified atom stereocenters. The van der Waals surface area contributed by atoms with Crippen LogP contribution in [-0.4, -0.2) is 48.6 Å². The maximum atomic E-state index is 12.0. The molecule has 1 saturated heterocycles. The molecule has 0 bridgehead atoms. The Kier molecular flexibility index (Phi) is 4.92. The van der Waals surface area contributed by atoms with E-state index in [2.05, 4.69) is 20.8 Å². The Morgan fingerprint density at radius 3 is 2.70 bits per heavy atom. The van der Waals surface area contributed by atoms with Crippen LogP contribution in [0, 0.1) is 0 Å². The van der Waals surface area contributed by atoms with Crippen LogP contribution in [0.2, 0.25) is 0 Å². The minimum absolute atomic E-state index is 0.0954. The summed E-state index contributed by atoms with van der Waals surface area (Å²) in [6.07, 6.45) is 1.90. The van der Waals surface area contributed by atoms with E-state index in [1.807, 2.05) is 6.92 Å². The van der Waals surface area contributed by atoms with E-state index in [9.17, 15) is 13.2 Å². The van der Waals surface area contributed by atoms with Gasteiger partial charge in [0.1, 0.15) is 9.84 Å². The van der Waals surface area contributed by atoms with Gasteiger partial charge in [0, 0.05) is 12.6 Å². The standard InChI is InChI=1S/C11H18N4O3S2/c1-2-5-12-11-15-14-10(19-11)9(16)13-8-3-6-20(17,18)7-4-8/h8H,2-7H2,1H3,(H,12,15)(H,13,16). The van der Waals surface area contributed by atoms with Gasteiger partial charge in [-0.2, -0.15) is 0 Å². The molecule has 1 aliphatic rings. The van der Waals surface area contributed by atoms with Crippen LogP contribution in [0.15, 0.2) is 0 Å². The molecule has 2 rings (SSSR count). The smallest absolute Gasteiger partial charge is 0.282 e. The first-order valence-electron chi connectivity index (χ1n) is 6.59. The van der Waals surface area contributed by atoms with Gasteiger partial charge in [0.25, 0.3) is 5.91 Å². The van der Waals surface area contributed by atoms with Crippen molar-refractivity contribution in [3.8, 4) is 0 Å². The van der Waals surface area contributed by atoms with Crippen molar-refractivity contribution in [2.75, 3.05) is 23.4 Å². The zero-order chi connectivity index (χ0) is 14.6. The van der Waals surface area contributed by atoms with E-state index in [-0.39, 0.29) is 23.5 Å². The predicted molar refractivity (Wildman–Crippen MR) is 77.8 cm³/mol. The largest absolute Gasteiger partial charge is 0.360 e. The van der Waals surface area contributed by atoms with Gasteiger partial charge in [-0.1, -0.05) is 18.3 Å². The summed E-state index contributed by atoms with van der Waals surface area (Å²) in [4.78, 5) is 12.0. The first kappa shape index (κ1) is 15.2. The highest BCUT2D eigenvalue weighted by molar-refractivity contribution is 7.91. The Morgan fingerprint density at radius 1 is 1.35 bits per heavy atom. The van der Waals surface area contributed by atoms with Gasteiger partial charge in [0.05, 0.1) is 11.5 Å². The van der Waals surface area contributed by atoms with E-state index >= 15 is 0 Å². The molecule has 2 N–H and O–H groups in total. The molecular formula is C11H18N4O3S2. The molecule has 7 nitrogen and oxygen atoms in total. The second kappa shape index (κ2) is 6.49. The van der Waals surface area contributed by atoms with Crippen LogP contribution >= 0.6 is 11.3 Å². The van der Waals surface area contributed by atoms with E-state index < -0.39 is 9.84 Å². The van der Waals surface area contributed by atoms with Crippen LogP contribution in [0.5, 0.6) is 0 Å². The number of amides is 1. The van der Waals surface area contributed by atoms with Crippen LogP contribution in [0.4, 0.5) is 5.13 Å². The molecule has 1 aliphatic heterocycles. The monoisotopic (exact) mass is 318 g/mol. The predicted octanol–water partition coefficient (Wildman–Crippen LogP) is 0.667. The topological polar surface area (TPSA) is 101 Å². The first-order valence-corrected chi connectivity index (χ1v) is 9.22. The maximum absolute atomic E-state index is 12.0. The fourth-order valence-corrected chi connectivity index (χ4v) is 4.06. The van der Waals surface area contributed by atoms with Crippen LogP contribution in [0.3, 0.4) is 0 Å². The summed E-state index contributed by atoms with van der Waals surface area (Å²) in [6, 6.07) is -0.0954. The minimum atomic E-state index is -2.91. The molecular weight excluding hydrogens is 300 g/mol. The molecule has 9 heteroatoms. The number of rotatable bonds is 5. The van der Waals surface area contributed by atoms with E-state index in [0.29, 0.717) is 23.0 Å². The Labute approximate surface area is 122 Å². The van der Waals surface area contributed by atoms with Crippen molar-refractivity contribution in [1.29, 1.82) is 0 Å². The van der Waals surface area contributed by atoms with Crippen LogP contribution in [0.25, 0.3) is 0 Å². The fourth-order valence-electron chi connectivity index (χ4n) is 1.90. The van der Waals surface area contributed by atoms with Crippen LogP contribution in [0.1, 0.15) is 36.0 Å². The third kappa shape index (κ3) is 4.14. The second-order valence-electron chi connectivity index (χ2n) is 4.74. The molecule has 0 saturated carbocycles. The van der Waals surface area contributed by atoms with E-state index in [1.54, 1.807) is 0 Å². The van der Waals surface area contributed by atoms with E-state index in [4.69, 9.17) is 0 Å². The summed E-state index contributed by atoms with van der Waals surface area (Å²) < 4.78 is 22.6.